The topological polar surface area (TPSA) is 75.4 Å². The monoisotopic (exact) mass is 299 g/mol. The lowest BCUT2D eigenvalue weighted by atomic mass is 10.1. The Morgan fingerprint density at radius 1 is 1.15 bits per heavy atom. The van der Waals surface area contributed by atoms with Gasteiger partial charge in [-0.15, -0.1) is 0 Å². The van der Waals surface area contributed by atoms with Gasteiger partial charge in [0, 0.05) is 6.54 Å². The molecule has 0 aromatic heterocycles. The van der Waals surface area contributed by atoms with Crippen molar-refractivity contribution in [3.63, 3.8) is 0 Å². The highest BCUT2D eigenvalue weighted by Crippen LogP contribution is 2.22. The molecule has 0 aliphatic heterocycles. The smallest absolute Gasteiger partial charge is 0.242 e. The molecule has 0 unspecified atom stereocenters. The van der Waals surface area contributed by atoms with Gasteiger partial charge >= 0.3 is 0 Å². The van der Waals surface area contributed by atoms with Crippen LogP contribution in [0.1, 0.15) is 24.0 Å². The molecule has 20 heavy (non-hydrogen) atoms. The van der Waals surface area contributed by atoms with Crippen LogP contribution in [0.3, 0.4) is 0 Å². The highest BCUT2D eigenvalue weighted by Gasteiger charge is 2.17. The fourth-order valence-electron chi connectivity index (χ4n) is 1.88. The number of anilines is 1. The summed E-state index contributed by atoms with van der Waals surface area (Å²) in [5.74, 6) is 0. The minimum atomic E-state index is -3.52. The second-order valence-corrected chi connectivity index (χ2v) is 7.12. The zero-order valence-electron chi connectivity index (χ0n) is 12.7. The third kappa shape index (κ3) is 4.77. The van der Waals surface area contributed by atoms with E-state index in [1.54, 1.807) is 12.1 Å². The molecule has 0 saturated carbocycles. The Morgan fingerprint density at radius 3 is 2.35 bits per heavy atom. The summed E-state index contributed by atoms with van der Waals surface area (Å²) >= 11 is 0. The molecule has 1 aromatic carbocycles. The Bertz CT molecular complexity index is 554. The number of rotatable bonds is 7. The minimum absolute atomic E-state index is 0.174. The number of hydrogen-bond donors (Lipinski definition) is 2. The summed E-state index contributed by atoms with van der Waals surface area (Å²) in [5.41, 5.74) is 8.04. The number of nitrogens with one attached hydrogen (secondary N) is 1. The molecule has 0 bridgehead atoms. The number of nitrogens with zero attached hydrogens (tertiary/aromatic N) is 1. The molecule has 0 spiro atoms. The van der Waals surface area contributed by atoms with Gasteiger partial charge in [0.25, 0.3) is 0 Å². The van der Waals surface area contributed by atoms with E-state index in [4.69, 9.17) is 5.73 Å². The molecule has 1 aromatic rings. The first-order chi connectivity index (χ1) is 9.24. The van der Waals surface area contributed by atoms with Crippen molar-refractivity contribution in [1.82, 2.24) is 9.62 Å². The van der Waals surface area contributed by atoms with Crippen LogP contribution in [0.25, 0.3) is 0 Å². The third-order valence-corrected chi connectivity index (χ3v) is 4.76. The highest BCUT2D eigenvalue weighted by molar-refractivity contribution is 7.89. The quantitative estimate of drug-likeness (QED) is 0.591. The first kappa shape index (κ1) is 16.9. The number of aryl methyl sites for hydroxylation is 2. The lowest BCUT2D eigenvalue weighted by Gasteiger charge is -2.12. The zero-order chi connectivity index (χ0) is 15.3. The van der Waals surface area contributed by atoms with Crippen molar-refractivity contribution >= 4 is 15.7 Å². The van der Waals surface area contributed by atoms with Crippen molar-refractivity contribution < 1.29 is 8.42 Å². The van der Waals surface area contributed by atoms with Gasteiger partial charge in [0.05, 0.1) is 5.69 Å². The fourth-order valence-corrected chi connectivity index (χ4v) is 3.15. The maximum absolute atomic E-state index is 12.2. The number of sulfonamides is 1. The van der Waals surface area contributed by atoms with Crippen LogP contribution in [0, 0.1) is 13.8 Å². The van der Waals surface area contributed by atoms with E-state index in [9.17, 15) is 8.42 Å². The molecule has 0 fully saturated rings. The summed E-state index contributed by atoms with van der Waals surface area (Å²) in [4.78, 5) is 2.25. The van der Waals surface area contributed by atoms with Crippen LogP contribution < -0.4 is 10.5 Å². The summed E-state index contributed by atoms with van der Waals surface area (Å²) in [5, 5.41) is 0. The Balaban J connectivity index is 2.68. The average molecular weight is 299 g/mol. The van der Waals surface area contributed by atoms with Crippen LogP contribution >= 0.6 is 0 Å². The molecule has 0 atom stereocenters. The molecule has 0 amide bonds. The second-order valence-electron chi connectivity index (χ2n) is 5.38. The van der Waals surface area contributed by atoms with Crippen LogP contribution in [0.2, 0.25) is 0 Å². The molecule has 0 heterocycles. The summed E-state index contributed by atoms with van der Waals surface area (Å²) in [6.45, 7) is 5.18. The van der Waals surface area contributed by atoms with Crippen LogP contribution in [-0.4, -0.2) is 40.5 Å². The molecule has 114 valence electrons. The predicted octanol–water partition coefficient (Wildman–Crippen LogP) is 1.51. The van der Waals surface area contributed by atoms with Crippen molar-refractivity contribution in [3.05, 3.63) is 23.3 Å². The Hall–Kier alpha value is -1.11. The van der Waals surface area contributed by atoms with Gasteiger partial charge in [0.1, 0.15) is 4.90 Å². The number of benzene rings is 1. The van der Waals surface area contributed by atoms with Crippen molar-refractivity contribution in [3.8, 4) is 0 Å². The summed E-state index contributed by atoms with van der Waals surface area (Å²) < 4.78 is 27.0. The molecular weight excluding hydrogens is 274 g/mol. The van der Waals surface area contributed by atoms with Gasteiger partial charge in [0.15, 0.2) is 0 Å². The standard InChI is InChI=1S/C14H25N3O2S/c1-11-9-13(15)14(10-12(11)2)20(18,19)16-7-5-6-8-17(3)4/h9-10,16H,5-8,15H2,1-4H3. The largest absolute Gasteiger partial charge is 0.398 e. The van der Waals surface area contributed by atoms with Gasteiger partial charge in [-0.2, -0.15) is 0 Å². The van der Waals surface area contributed by atoms with Gasteiger partial charge in [-0.3, -0.25) is 0 Å². The fraction of sp³-hybridized carbons (Fsp3) is 0.571. The van der Waals surface area contributed by atoms with E-state index in [-0.39, 0.29) is 4.90 Å². The van der Waals surface area contributed by atoms with Crippen LogP contribution in [0.15, 0.2) is 17.0 Å². The van der Waals surface area contributed by atoms with Crippen molar-refractivity contribution in [2.45, 2.75) is 31.6 Å². The summed E-state index contributed by atoms with van der Waals surface area (Å²) in [6.07, 6.45) is 1.76. The average Bonchev–Trinajstić information content (AvgIpc) is 2.32. The van der Waals surface area contributed by atoms with E-state index in [1.165, 1.54) is 0 Å². The molecular formula is C14H25N3O2S. The molecule has 0 aliphatic carbocycles. The lowest BCUT2D eigenvalue weighted by molar-refractivity contribution is 0.394. The highest BCUT2D eigenvalue weighted by atomic mass is 32.2. The summed E-state index contributed by atoms with van der Waals surface area (Å²) in [6, 6.07) is 3.34. The van der Waals surface area contributed by atoms with Crippen LogP contribution in [0.5, 0.6) is 0 Å². The predicted molar refractivity (Wildman–Crippen MR) is 83.3 cm³/mol. The van der Waals surface area contributed by atoms with Gasteiger partial charge in [-0.1, -0.05) is 0 Å². The molecule has 0 radical (unpaired) electrons. The van der Waals surface area contributed by atoms with Gasteiger partial charge in [-0.25, -0.2) is 13.1 Å². The van der Waals surface area contributed by atoms with Crippen molar-refractivity contribution in [2.75, 3.05) is 32.9 Å². The molecule has 0 saturated heterocycles. The molecule has 6 heteroatoms. The van der Waals surface area contributed by atoms with Gasteiger partial charge in [-0.05, 0) is 70.6 Å². The van der Waals surface area contributed by atoms with Crippen molar-refractivity contribution in [2.24, 2.45) is 0 Å². The third-order valence-electron chi connectivity index (χ3n) is 3.24. The first-order valence-electron chi connectivity index (χ1n) is 6.75. The van der Waals surface area contributed by atoms with E-state index >= 15 is 0 Å². The Labute approximate surface area is 122 Å². The minimum Gasteiger partial charge on any atom is -0.398 e. The lowest BCUT2D eigenvalue weighted by Crippen LogP contribution is -2.26. The number of unbranched alkanes of at least 4 members (excludes halogenated alkanes) is 1. The van der Waals surface area contributed by atoms with E-state index < -0.39 is 10.0 Å². The molecule has 1 rings (SSSR count). The van der Waals surface area contributed by atoms with Crippen LogP contribution in [0.4, 0.5) is 5.69 Å². The Kier molecular flexibility index (Phi) is 5.98. The zero-order valence-corrected chi connectivity index (χ0v) is 13.5. The van der Waals surface area contributed by atoms with Gasteiger partial charge in [0.2, 0.25) is 10.0 Å². The second kappa shape index (κ2) is 7.06. The summed E-state index contributed by atoms with van der Waals surface area (Å²) in [7, 11) is 0.480. The number of nitrogen functional groups attached to an aromatic ring is 1. The number of hydrogen-bond acceptors (Lipinski definition) is 4. The van der Waals surface area contributed by atoms with E-state index in [0.717, 1.165) is 30.5 Å². The normalized spacial score (nSPS) is 12.1. The molecule has 5 nitrogen and oxygen atoms in total. The molecule has 0 aliphatic rings. The van der Waals surface area contributed by atoms with E-state index in [0.29, 0.717) is 12.2 Å². The Morgan fingerprint density at radius 2 is 1.75 bits per heavy atom. The van der Waals surface area contributed by atoms with E-state index in [2.05, 4.69) is 9.62 Å². The van der Waals surface area contributed by atoms with E-state index in [1.807, 2.05) is 27.9 Å². The molecule has 3 N–H and O–H groups in total. The van der Waals surface area contributed by atoms with Gasteiger partial charge < -0.3 is 10.6 Å². The maximum atomic E-state index is 12.2. The maximum Gasteiger partial charge on any atom is 0.242 e. The first-order valence-corrected chi connectivity index (χ1v) is 8.23. The van der Waals surface area contributed by atoms with Crippen LogP contribution in [-0.2, 0) is 10.0 Å². The SMILES string of the molecule is Cc1cc(N)c(S(=O)(=O)NCCCCN(C)C)cc1C. The van der Waals surface area contributed by atoms with Crippen molar-refractivity contribution in [1.29, 1.82) is 0 Å². The number of nitrogens with two attached hydrogens (primary N) is 1.